The molecule has 3 aliphatic rings. The van der Waals surface area contributed by atoms with Crippen molar-refractivity contribution >= 4 is 29.3 Å². The molecule has 3 aromatic rings. The Morgan fingerprint density at radius 3 is 2.48 bits per heavy atom. The Labute approximate surface area is 233 Å². The van der Waals surface area contributed by atoms with E-state index in [0.29, 0.717) is 12.0 Å². The van der Waals surface area contributed by atoms with Gasteiger partial charge in [-0.2, -0.15) is 0 Å². The molecule has 2 fully saturated rings. The lowest BCUT2D eigenvalue weighted by molar-refractivity contribution is -0.147. The van der Waals surface area contributed by atoms with Crippen molar-refractivity contribution in [3.8, 4) is 11.1 Å². The molecule has 1 spiro atoms. The fourth-order valence-electron chi connectivity index (χ4n) is 5.32. The van der Waals surface area contributed by atoms with E-state index < -0.39 is 53.0 Å². The maximum absolute atomic E-state index is 15.4. The summed E-state index contributed by atoms with van der Waals surface area (Å²) in [6.07, 6.45) is 5.19. The normalized spacial score (nSPS) is 17.6. The molecule has 206 valence electrons. The van der Waals surface area contributed by atoms with Crippen LogP contribution in [0.25, 0.3) is 11.1 Å². The number of halogens is 3. The molecule has 2 aliphatic carbocycles. The van der Waals surface area contributed by atoms with E-state index in [2.05, 4.69) is 5.32 Å². The monoisotopic (exact) mass is 566 g/mol. The van der Waals surface area contributed by atoms with Crippen molar-refractivity contribution in [2.24, 2.45) is 5.92 Å². The summed E-state index contributed by atoms with van der Waals surface area (Å²) in [5.74, 6) is -2.84. The largest absolute Gasteiger partial charge is 0.456 e. The number of hydrogen-bond donors (Lipinski definition) is 1. The second-order valence-electron chi connectivity index (χ2n) is 10.9. The minimum absolute atomic E-state index is 0.0453. The van der Waals surface area contributed by atoms with Crippen LogP contribution >= 0.6 is 11.6 Å². The van der Waals surface area contributed by atoms with Crippen molar-refractivity contribution in [2.45, 2.75) is 50.1 Å². The van der Waals surface area contributed by atoms with Gasteiger partial charge in [0.05, 0.1) is 10.6 Å². The third-order valence-corrected chi connectivity index (χ3v) is 8.20. The van der Waals surface area contributed by atoms with Crippen LogP contribution in [0.3, 0.4) is 0 Å². The highest BCUT2D eigenvalue weighted by Gasteiger charge is 2.46. The summed E-state index contributed by atoms with van der Waals surface area (Å²) in [5, 5.41) is 2.91. The van der Waals surface area contributed by atoms with Crippen LogP contribution in [-0.4, -0.2) is 34.4 Å². The summed E-state index contributed by atoms with van der Waals surface area (Å²) in [6.45, 7) is -0.592. The number of carbonyl (C=O) groups is 3. The molecule has 0 saturated heterocycles. The molecule has 0 bridgehead atoms. The SMILES string of the molecule is O=C(COC(=O)C(CC1CC1)n1cc2c(cc1=O)-c1c(ccc(Cl)c1F)CC1(CC1)NC2=O)c1ccc(F)cc1. The number of ether oxygens (including phenoxy) is 1. The minimum Gasteiger partial charge on any atom is -0.456 e. The highest BCUT2D eigenvalue weighted by Crippen LogP contribution is 2.45. The van der Waals surface area contributed by atoms with Gasteiger partial charge in [-0.05, 0) is 67.5 Å². The number of pyridine rings is 1. The fraction of sp³-hybridized carbons (Fsp3) is 0.333. The number of benzene rings is 2. The highest BCUT2D eigenvalue weighted by atomic mass is 35.5. The topological polar surface area (TPSA) is 94.5 Å². The first kappa shape index (κ1) is 26.4. The van der Waals surface area contributed by atoms with Crippen LogP contribution in [0.5, 0.6) is 0 Å². The van der Waals surface area contributed by atoms with Crippen LogP contribution in [-0.2, 0) is 16.0 Å². The number of rotatable bonds is 7. The molecule has 1 unspecified atom stereocenters. The fourth-order valence-corrected chi connectivity index (χ4v) is 5.48. The number of Topliss-reactive ketones (excluding diaryl/α,β-unsaturated/α-hetero) is 1. The molecule has 6 rings (SSSR count). The van der Waals surface area contributed by atoms with Gasteiger partial charge in [-0.1, -0.05) is 30.5 Å². The standard InChI is InChI=1S/C30H25ClF2N2O5/c31-22-8-5-18-13-30(9-10-30)34-28(38)21-14-35(25(37)12-20(21)26(18)27(22)33)23(11-16-1-2-16)29(39)40-15-24(36)17-3-6-19(32)7-4-17/h3-8,12,14,16,23H,1-2,9-11,13,15H2,(H,34,38). The zero-order chi connectivity index (χ0) is 28.2. The van der Waals surface area contributed by atoms with Gasteiger partial charge in [-0.15, -0.1) is 0 Å². The van der Waals surface area contributed by atoms with E-state index in [1.165, 1.54) is 24.4 Å². The van der Waals surface area contributed by atoms with Crippen LogP contribution in [0.4, 0.5) is 8.78 Å². The molecule has 1 atom stereocenters. The van der Waals surface area contributed by atoms with Gasteiger partial charge in [0.15, 0.2) is 12.4 Å². The molecule has 2 saturated carbocycles. The molecule has 1 N–H and O–H groups in total. The van der Waals surface area contributed by atoms with Crippen molar-refractivity contribution in [3.05, 3.63) is 92.4 Å². The van der Waals surface area contributed by atoms with E-state index in [-0.39, 0.29) is 39.6 Å². The Hall–Kier alpha value is -3.85. The lowest BCUT2D eigenvalue weighted by Gasteiger charge is -2.26. The number of nitrogens with one attached hydrogen (secondary N) is 1. The Balaban J connectivity index is 1.37. The maximum atomic E-state index is 15.4. The molecular formula is C30H25ClF2N2O5. The number of amides is 1. The first-order chi connectivity index (χ1) is 19.1. The second-order valence-corrected chi connectivity index (χ2v) is 11.3. The van der Waals surface area contributed by atoms with Crippen LogP contribution in [0.2, 0.25) is 5.02 Å². The van der Waals surface area contributed by atoms with Crippen LogP contribution < -0.4 is 10.9 Å². The van der Waals surface area contributed by atoms with E-state index in [1.807, 2.05) is 0 Å². The predicted molar refractivity (Wildman–Crippen MR) is 142 cm³/mol. The average molecular weight is 567 g/mol. The molecule has 40 heavy (non-hydrogen) atoms. The third-order valence-electron chi connectivity index (χ3n) is 7.91. The quantitative estimate of drug-likeness (QED) is 0.320. The van der Waals surface area contributed by atoms with Crippen molar-refractivity contribution < 1.29 is 27.9 Å². The van der Waals surface area contributed by atoms with Gasteiger partial charge in [0, 0.05) is 34.5 Å². The molecule has 2 heterocycles. The first-order valence-electron chi connectivity index (χ1n) is 13.2. The molecule has 1 amide bonds. The predicted octanol–water partition coefficient (Wildman–Crippen LogP) is 5.03. The summed E-state index contributed by atoms with van der Waals surface area (Å²) in [7, 11) is 0. The Kier molecular flexibility index (Phi) is 6.57. The van der Waals surface area contributed by atoms with E-state index in [0.717, 1.165) is 48.4 Å². The molecule has 1 aromatic heterocycles. The van der Waals surface area contributed by atoms with Crippen LogP contribution in [0.1, 0.15) is 64.4 Å². The molecule has 2 aromatic carbocycles. The lowest BCUT2D eigenvalue weighted by atomic mass is 9.89. The number of fused-ring (bicyclic) bond motifs is 3. The van der Waals surface area contributed by atoms with Gasteiger partial charge in [0.1, 0.15) is 17.7 Å². The van der Waals surface area contributed by atoms with Crippen molar-refractivity contribution in [1.82, 2.24) is 9.88 Å². The minimum atomic E-state index is -1.09. The maximum Gasteiger partial charge on any atom is 0.329 e. The van der Waals surface area contributed by atoms with Crippen molar-refractivity contribution in [3.63, 3.8) is 0 Å². The van der Waals surface area contributed by atoms with Gasteiger partial charge in [-0.25, -0.2) is 13.6 Å². The smallest absolute Gasteiger partial charge is 0.329 e. The second kappa shape index (κ2) is 9.96. The van der Waals surface area contributed by atoms with Gasteiger partial charge in [0.2, 0.25) is 0 Å². The summed E-state index contributed by atoms with van der Waals surface area (Å²) in [6, 6.07) is 8.09. The van der Waals surface area contributed by atoms with E-state index in [1.54, 1.807) is 6.07 Å². The van der Waals surface area contributed by atoms with Gasteiger partial charge >= 0.3 is 5.97 Å². The summed E-state index contributed by atoms with van der Waals surface area (Å²) < 4.78 is 35.1. The number of carbonyl (C=O) groups excluding carboxylic acids is 3. The van der Waals surface area contributed by atoms with Gasteiger partial charge in [-0.3, -0.25) is 14.4 Å². The zero-order valence-electron chi connectivity index (χ0n) is 21.3. The van der Waals surface area contributed by atoms with Crippen LogP contribution in [0, 0.1) is 17.6 Å². The number of hydrogen-bond acceptors (Lipinski definition) is 5. The lowest BCUT2D eigenvalue weighted by Crippen LogP contribution is -2.41. The molecular weight excluding hydrogens is 542 g/mol. The molecule has 10 heteroatoms. The molecule has 1 aliphatic heterocycles. The van der Waals surface area contributed by atoms with Crippen LogP contribution in [0.15, 0.2) is 53.5 Å². The van der Waals surface area contributed by atoms with E-state index >= 15 is 4.39 Å². The Morgan fingerprint density at radius 1 is 1.07 bits per heavy atom. The summed E-state index contributed by atoms with van der Waals surface area (Å²) >= 11 is 6.10. The molecule has 0 radical (unpaired) electrons. The highest BCUT2D eigenvalue weighted by molar-refractivity contribution is 6.31. The number of ketones is 1. The first-order valence-corrected chi connectivity index (χ1v) is 13.5. The summed E-state index contributed by atoms with van der Waals surface area (Å²) in [4.78, 5) is 52.6. The number of esters is 1. The van der Waals surface area contributed by atoms with E-state index in [9.17, 15) is 23.6 Å². The number of nitrogens with zero attached hydrogens (tertiary/aromatic N) is 1. The molecule has 7 nitrogen and oxygen atoms in total. The Bertz CT molecular complexity index is 1610. The van der Waals surface area contributed by atoms with Gasteiger partial charge in [0.25, 0.3) is 11.5 Å². The Morgan fingerprint density at radius 2 is 1.80 bits per heavy atom. The zero-order valence-corrected chi connectivity index (χ0v) is 22.1. The third kappa shape index (κ3) is 5.06. The van der Waals surface area contributed by atoms with E-state index in [4.69, 9.17) is 16.3 Å². The average Bonchev–Trinajstić information content (AvgIpc) is 3.86. The van der Waals surface area contributed by atoms with Crippen molar-refractivity contribution in [2.75, 3.05) is 6.61 Å². The summed E-state index contributed by atoms with van der Waals surface area (Å²) in [5.41, 5.74) is -0.0525. The van der Waals surface area contributed by atoms with Gasteiger partial charge < -0.3 is 14.6 Å². The number of aromatic nitrogens is 1. The van der Waals surface area contributed by atoms with Crippen molar-refractivity contribution in [1.29, 1.82) is 0 Å².